The van der Waals surface area contributed by atoms with Gasteiger partial charge in [-0.1, -0.05) is 0 Å². The Morgan fingerprint density at radius 2 is 2.33 bits per heavy atom. The number of aryl methyl sites for hydroxylation is 1. The van der Waals surface area contributed by atoms with Gasteiger partial charge in [0.05, 0.1) is 0 Å². The van der Waals surface area contributed by atoms with Gasteiger partial charge in [-0.15, -0.1) is 0 Å². The maximum absolute atomic E-state index is 5.69. The summed E-state index contributed by atoms with van der Waals surface area (Å²) < 4.78 is 1.95. The number of rotatable bonds is 6. The van der Waals surface area contributed by atoms with Crippen LogP contribution in [0.1, 0.15) is 32.0 Å². The third kappa shape index (κ3) is 3.70. The van der Waals surface area contributed by atoms with E-state index in [9.17, 15) is 0 Å². The summed E-state index contributed by atoms with van der Waals surface area (Å²) in [5, 5.41) is 4.20. The second-order valence-electron chi connectivity index (χ2n) is 4.85. The molecule has 0 amide bonds. The molecule has 0 bridgehead atoms. The third-order valence-corrected chi connectivity index (χ3v) is 4.67. The van der Waals surface area contributed by atoms with Crippen LogP contribution in [0.4, 0.5) is 0 Å². The van der Waals surface area contributed by atoms with Crippen molar-refractivity contribution in [3.05, 3.63) is 12.2 Å². The third-order valence-electron chi connectivity index (χ3n) is 3.62. The van der Waals surface area contributed by atoms with E-state index < -0.39 is 0 Å². The van der Waals surface area contributed by atoms with E-state index >= 15 is 0 Å². The van der Waals surface area contributed by atoms with Crippen LogP contribution in [0, 0.1) is 5.92 Å². The molecule has 0 spiro atoms. The zero-order valence-corrected chi connectivity index (χ0v) is 11.8. The first kappa shape index (κ1) is 13.8. The number of hydrazine groups is 1. The molecule has 1 aliphatic heterocycles. The van der Waals surface area contributed by atoms with Gasteiger partial charge in [0.2, 0.25) is 0 Å². The average Bonchev–Trinajstić information content (AvgIpc) is 2.86. The first-order valence-electron chi connectivity index (χ1n) is 6.74. The molecule has 6 heteroatoms. The van der Waals surface area contributed by atoms with Crippen molar-refractivity contribution in [1.82, 2.24) is 20.2 Å². The van der Waals surface area contributed by atoms with Crippen molar-refractivity contribution in [2.45, 2.75) is 45.2 Å². The minimum absolute atomic E-state index is 0.313. The smallest absolute Gasteiger partial charge is 0.138 e. The topological polar surface area (TPSA) is 68.8 Å². The van der Waals surface area contributed by atoms with Crippen molar-refractivity contribution < 1.29 is 0 Å². The molecular weight excluding hydrogens is 246 g/mol. The van der Waals surface area contributed by atoms with Gasteiger partial charge in [-0.2, -0.15) is 16.9 Å². The van der Waals surface area contributed by atoms with Crippen molar-refractivity contribution in [2.24, 2.45) is 11.8 Å². The Morgan fingerprint density at radius 3 is 3.00 bits per heavy atom. The standard InChI is InChI=1S/C12H23N5S/c1-2-17-12(14-9-15-17)8-11(16-13)7-10-3-5-18-6-4-10/h9-11,16H,2-8,13H2,1H3. The summed E-state index contributed by atoms with van der Waals surface area (Å²) in [6, 6.07) is 0.313. The van der Waals surface area contributed by atoms with E-state index in [1.807, 2.05) is 4.68 Å². The van der Waals surface area contributed by atoms with Crippen LogP contribution in [-0.2, 0) is 13.0 Å². The normalized spacial score (nSPS) is 19.0. The Bertz CT molecular complexity index is 348. The number of nitrogens with zero attached hydrogens (tertiary/aromatic N) is 3. The molecular formula is C12H23N5S. The summed E-state index contributed by atoms with van der Waals surface area (Å²) in [7, 11) is 0. The van der Waals surface area contributed by atoms with Crippen molar-refractivity contribution in [1.29, 1.82) is 0 Å². The van der Waals surface area contributed by atoms with Gasteiger partial charge in [-0.05, 0) is 43.6 Å². The van der Waals surface area contributed by atoms with E-state index in [4.69, 9.17) is 5.84 Å². The van der Waals surface area contributed by atoms with Crippen LogP contribution in [0.2, 0.25) is 0 Å². The molecule has 1 aromatic rings. The van der Waals surface area contributed by atoms with Crippen molar-refractivity contribution >= 4 is 11.8 Å². The molecule has 102 valence electrons. The first-order valence-corrected chi connectivity index (χ1v) is 7.89. The summed E-state index contributed by atoms with van der Waals surface area (Å²) in [4.78, 5) is 4.32. The second kappa shape index (κ2) is 7.11. The molecule has 0 radical (unpaired) electrons. The molecule has 3 N–H and O–H groups in total. The number of thioether (sulfide) groups is 1. The summed E-state index contributed by atoms with van der Waals surface area (Å²) >= 11 is 2.07. The van der Waals surface area contributed by atoms with Gasteiger partial charge in [0.1, 0.15) is 12.2 Å². The highest BCUT2D eigenvalue weighted by Crippen LogP contribution is 2.26. The lowest BCUT2D eigenvalue weighted by Gasteiger charge is -2.25. The molecule has 2 heterocycles. The SMILES string of the molecule is CCn1ncnc1CC(CC1CCSCC1)NN. The number of aromatic nitrogens is 3. The second-order valence-corrected chi connectivity index (χ2v) is 6.08. The van der Waals surface area contributed by atoms with Crippen LogP contribution in [0.15, 0.2) is 6.33 Å². The van der Waals surface area contributed by atoms with Gasteiger partial charge in [0.15, 0.2) is 0 Å². The molecule has 1 atom stereocenters. The minimum Gasteiger partial charge on any atom is -0.271 e. The largest absolute Gasteiger partial charge is 0.271 e. The zero-order chi connectivity index (χ0) is 12.8. The van der Waals surface area contributed by atoms with E-state index in [1.165, 1.54) is 24.3 Å². The first-order chi connectivity index (χ1) is 8.83. The van der Waals surface area contributed by atoms with Crippen LogP contribution in [-0.4, -0.2) is 32.3 Å². The van der Waals surface area contributed by atoms with Gasteiger partial charge in [-0.3, -0.25) is 16.0 Å². The van der Waals surface area contributed by atoms with Gasteiger partial charge in [0.25, 0.3) is 0 Å². The molecule has 1 saturated heterocycles. The van der Waals surface area contributed by atoms with Crippen molar-refractivity contribution in [2.75, 3.05) is 11.5 Å². The molecule has 5 nitrogen and oxygen atoms in total. The van der Waals surface area contributed by atoms with Crippen LogP contribution >= 0.6 is 11.8 Å². The Labute approximate surface area is 113 Å². The predicted molar refractivity (Wildman–Crippen MR) is 75.2 cm³/mol. The average molecular weight is 269 g/mol. The number of hydrogen-bond acceptors (Lipinski definition) is 5. The van der Waals surface area contributed by atoms with Crippen molar-refractivity contribution in [3.8, 4) is 0 Å². The minimum atomic E-state index is 0.313. The number of nitrogens with one attached hydrogen (secondary N) is 1. The molecule has 1 aromatic heterocycles. The summed E-state index contributed by atoms with van der Waals surface area (Å²) in [6.07, 6.45) is 6.29. The van der Waals surface area contributed by atoms with Crippen LogP contribution in [0.5, 0.6) is 0 Å². The molecule has 1 fully saturated rings. The summed E-state index contributed by atoms with van der Waals surface area (Å²) in [6.45, 7) is 2.95. The monoisotopic (exact) mass is 269 g/mol. The number of hydrogen-bond donors (Lipinski definition) is 2. The highest BCUT2D eigenvalue weighted by Gasteiger charge is 2.20. The summed E-state index contributed by atoms with van der Waals surface area (Å²) in [5.41, 5.74) is 2.95. The lowest BCUT2D eigenvalue weighted by Crippen LogP contribution is -2.39. The molecule has 18 heavy (non-hydrogen) atoms. The lowest BCUT2D eigenvalue weighted by molar-refractivity contribution is 0.358. The van der Waals surface area contributed by atoms with E-state index in [-0.39, 0.29) is 0 Å². The molecule has 0 aromatic carbocycles. The maximum Gasteiger partial charge on any atom is 0.138 e. The molecule has 0 saturated carbocycles. The van der Waals surface area contributed by atoms with E-state index in [0.29, 0.717) is 6.04 Å². The predicted octanol–water partition coefficient (Wildman–Crippen LogP) is 1.21. The molecule has 1 aliphatic rings. The van der Waals surface area contributed by atoms with Crippen LogP contribution < -0.4 is 11.3 Å². The quantitative estimate of drug-likeness (QED) is 0.600. The highest BCUT2D eigenvalue weighted by molar-refractivity contribution is 7.99. The van der Waals surface area contributed by atoms with Gasteiger partial charge in [-0.25, -0.2) is 4.98 Å². The van der Waals surface area contributed by atoms with Gasteiger partial charge < -0.3 is 0 Å². The van der Waals surface area contributed by atoms with Crippen LogP contribution in [0.3, 0.4) is 0 Å². The lowest BCUT2D eigenvalue weighted by atomic mass is 9.93. The van der Waals surface area contributed by atoms with Gasteiger partial charge >= 0.3 is 0 Å². The Kier molecular flexibility index (Phi) is 5.46. The fourth-order valence-electron chi connectivity index (χ4n) is 2.53. The van der Waals surface area contributed by atoms with Crippen LogP contribution in [0.25, 0.3) is 0 Å². The van der Waals surface area contributed by atoms with E-state index in [2.05, 4.69) is 34.2 Å². The molecule has 1 unspecified atom stereocenters. The molecule has 0 aliphatic carbocycles. The summed E-state index contributed by atoms with van der Waals surface area (Å²) in [5.74, 6) is 10.1. The maximum atomic E-state index is 5.69. The number of nitrogens with two attached hydrogens (primary N) is 1. The Balaban J connectivity index is 1.88. The molecule has 2 rings (SSSR count). The van der Waals surface area contributed by atoms with E-state index in [1.54, 1.807) is 6.33 Å². The fourth-order valence-corrected chi connectivity index (χ4v) is 3.73. The Hall–Kier alpha value is -0.590. The Morgan fingerprint density at radius 1 is 1.56 bits per heavy atom. The van der Waals surface area contributed by atoms with Gasteiger partial charge in [0, 0.05) is 19.0 Å². The van der Waals surface area contributed by atoms with Crippen molar-refractivity contribution in [3.63, 3.8) is 0 Å². The van der Waals surface area contributed by atoms with E-state index in [0.717, 1.165) is 31.1 Å². The highest BCUT2D eigenvalue weighted by atomic mass is 32.2. The zero-order valence-electron chi connectivity index (χ0n) is 11.0. The fraction of sp³-hybridized carbons (Fsp3) is 0.833.